The Morgan fingerprint density at radius 1 is 1.18 bits per heavy atom. The highest BCUT2D eigenvalue weighted by Crippen LogP contribution is 2.12. The van der Waals surface area contributed by atoms with E-state index in [4.69, 9.17) is 16.3 Å². The highest BCUT2D eigenvalue weighted by Gasteiger charge is 2.15. The van der Waals surface area contributed by atoms with Crippen molar-refractivity contribution in [3.63, 3.8) is 0 Å². The molecule has 1 aromatic rings. The van der Waals surface area contributed by atoms with Gasteiger partial charge in [0.1, 0.15) is 0 Å². The molecule has 1 heterocycles. The van der Waals surface area contributed by atoms with Crippen molar-refractivity contribution in [1.82, 2.24) is 9.62 Å². The number of sulfonamides is 1. The molecule has 1 aromatic carbocycles. The zero-order valence-corrected chi connectivity index (χ0v) is 14.2. The summed E-state index contributed by atoms with van der Waals surface area (Å²) in [4.78, 5) is 2.51. The molecule has 0 saturated carbocycles. The lowest BCUT2D eigenvalue weighted by Gasteiger charge is -2.26. The van der Waals surface area contributed by atoms with Gasteiger partial charge in [-0.2, -0.15) is 0 Å². The lowest BCUT2D eigenvalue weighted by Crippen LogP contribution is -2.41. The topological polar surface area (TPSA) is 58.6 Å². The Balaban J connectivity index is 1.83. The molecule has 0 radical (unpaired) electrons. The van der Waals surface area contributed by atoms with Crippen molar-refractivity contribution >= 4 is 21.6 Å². The first kappa shape index (κ1) is 17.7. The molecule has 1 aliphatic heterocycles. The lowest BCUT2D eigenvalue weighted by atomic mass is 10.1. The molecule has 0 aromatic heterocycles. The first-order valence-electron chi connectivity index (χ1n) is 7.56. The Bertz CT molecular complexity index is 542. The molecule has 0 aliphatic carbocycles. The molecular formula is C15H23ClN2O3S. The Kier molecular flexibility index (Phi) is 7.11. The van der Waals surface area contributed by atoms with Crippen LogP contribution >= 0.6 is 11.6 Å². The van der Waals surface area contributed by atoms with E-state index in [2.05, 4.69) is 9.62 Å². The molecule has 0 spiro atoms. The van der Waals surface area contributed by atoms with Gasteiger partial charge < -0.3 is 4.74 Å². The maximum Gasteiger partial charge on any atom is 0.240 e. The van der Waals surface area contributed by atoms with Crippen LogP contribution in [-0.4, -0.2) is 58.6 Å². The second kappa shape index (κ2) is 8.84. The van der Waals surface area contributed by atoms with E-state index >= 15 is 0 Å². The predicted molar refractivity (Wildman–Crippen MR) is 87.9 cm³/mol. The van der Waals surface area contributed by atoms with Gasteiger partial charge in [0, 0.05) is 32.1 Å². The van der Waals surface area contributed by atoms with Gasteiger partial charge in [-0.05, 0) is 30.5 Å². The summed E-state index contributed by atoms with van der Waals surface area (Å²) in [5, 5.41) is 0. The monoisotopic (exact) mass is 346 g/mol. The van der Waals surface area contributed by atoms with Crippen molar-refractivity contribution in [1.29, 1.82) is 0 Å². The minimum Gasteiger partial charge on any atom is -0.379 e. The highest BCUT2D eigenvalue weighted by molar-refractivity contribution is 7.89. The zero-order chi connectivity index (χ0) is 15.8. The molecule has 1 N–H and O–H groups in total. The van der Waals surface area contributed by atoms with Crippen molar-refractivity contribution in [3.05, 3.63) is 29.8 Å². The predicted octanol–water partition coefficient (Wildman–Crippen LogP) is 1.47. The van der Waals surface area contributed by atoms with E-state index in [9.17, 15) is 8.42 Å². The number of hydrogen-bond acceptors (Lipinski definition) is 4. The first-order valence-corrected chi connectivity index (χ1v) is 9.58. The van der Waals surface area contributed by atoms with E-state index in [1.54, 1.807) is 12.1 Å². The van der Waals surface area contributed by atoms with E-state index < -0.39 is 10.0 Å². The molecule has 2 rings (SSSR count). The van der Waals surface area contributed by atoms with E-state index in [1.165, 1.54) is 0 Å². The number of aryl methyl sites for hydroxylation is 1. The normalized spacial score (nSPS) is 16.8. The van der Waals surface area contributed by atoms with Gasteiger partial charge in [-0.25, -0.2) is 13.1 Å². The van der Waals surface area contributed by atoms with E-state index in [0.717, 1.165) is 44.7 Å². The molecule has 22 heavy (non-hydrogen) atoms. The number of rotatable bonds is 8. The Labute approximate surface area is 137 Å². The van der Waals surface area contributed by atoms with Crippen LogP contribution in [-0.2, 0) is 21.2 Å². The van der Waals surface area contributed by atoms with E-state index in [1.807, 2.05) is 12.1 Å². The van der Waals surface area contributed by atoms with Gasteiger partial charge in [0.25, 0.3) is 0 Å². The molecular weight excluding hydrogens is 324 g/mol. The van der Waals surface area contributed by atoms with Crippen LogP contribution in [0.3, 0.4) is 0 Å². The van der Waals surface area contributed by atoms with Crippen LogP contribution in [0.15, 0.2) is 29.2 Å². The van der Waals surface area contributed by atoms with Crippen molar-refractivity contribution < 1.29 is 13.2 Å². The molecule has 1 aliphatic rings. The lowest BCUT2D eigenvalue weighted by molar-refractivity contribution is 0.0390. The van der Waals surface area contributed by atoms with Gasteiger partial charge in [-0.15, -0.1) is 11.6 Å². The number of ether oxygens (including phenoxy) is 1. The third-order valence-corrected chi connectivity index (χ3v) is 5.40. The fourth-order valence-electron chi connectivity index (χ4n) is 2.35. The average Bonchev–Trinajstić information content (AvgIpc) is 2.54. The smallest absolute Gasteiger partial charge is 0.240 e. The summed E-state index contributed by atoms with van der Waals surface area (Å²) in [6.45, 7) is 4.27. The molecule has 1 fully saturated rings. The molecule has 0 unspecified atom stereocenters. The number of alkyl halides is 1. The van der Waals surface area contributed by atoms with Crippen molar-refractivity contribution in [3.8, 4) is 0 Å². The molecule has 0 amide bonds. The van der Waals surface area contributed by atoms with Gasteiger partial charge in [0.05, 0.1) is 18.1 Å². The summed E-state index contributed by atoms with van der Waals surface area (Å²) >= 11 is 5.66. The minimum atomic E-state index is -3.43. The van der Waals surface area contributed by atoms with Crippen LogP contribution in [0.1, 0.15) is 12.0 Å². The van der Waals surface area contributed by atoms with Crippen LogP contribution in [0.2, 0.25) is 0 Å². The molecule has 7 heteroatoms. The third kappa shape index (κ3) is 5.52. The van der Waals surface area contributed by atoms with Crippen LogP contribution < -0.4 is 4.72 Å². The van der Waals surface area contributed by atoms with Gasteiger partial charge in [0.15, 0.2) is 0 Å². The maximum atomic E-state index is 12.2. The molecule has 124 valence electrons. The number of nitrogens with one attached hydrogen (secondary N) is 1. The fraction of sp³-hybridized carbons (Fsp3) is 0.600. The number of morpholine rings is 1. The van der Waals surface area contributed by atoms with E-state index in [0.29, 0.717) is 23.9 Å². The van der Waals surface area contributed by atoms with E-state index in [-0.39, 0.29) is 0 Å². The molecule has 0 atom stereocenters. The summed E-state index contributed by atoms with van der Waals surface area (Å²) in [6.07, 6.45) is 1.76. The molecule has 1 saturated heterocycles. The second-order valence-corrected chi connectivity index (χ2v) is 7.43. The van der Waals surface area contributed by atoms with Gasteiger partial charge in [0.2, 0.25) is 10.0 Å². The van der Waals surface area contributed by atoms with Gasteiger partial charge in [-0.3, -0.25) is 4.90 Å². The number of halogens is 1. The molecule has 0 bridgehead atoms. The highest BCUT2D eigenvalue weighted by atomic mass is 35.5. The maximum absolute atomic E-state index is 12.2. The standard InChI is InChI=1S/C15H23ClN2O3S/c16-7-1-2-14-3-5-15(6-4-14)22(19,20)17-8-9-18-10-12-21-13-11-18/h3-6,17H,1-2,7-13H2. The van der Waals surface area contributed by atoms with Crippen LogP contribution in [0.25, 0.3) is 0 Å². The van der Waals surface area contributed by atoms with Crippen LogP contribution in [0.5, 0.6) is 0 Å². The largest absolute Gasteiger partial charge is 0.379 e. The van der Waals surface area contributed by atoms with Crippen LogP contribution in [0, 0.1) is 0 Å². The molecule has 5 nitrogen and oxygen atoms in total. The van der Waals surface area contributed by atoms with Crippen LogP contribution in [0.4, 0.5) is 0 Å². The number of nitrogens with zero attached hydrogens (tertiary/aromatic N) is 1. The van der Waals surface area contributed by atoms with Crippen molar-refractivity contribution in [2.24, 2.45) is 0 Å². The quantitative estimate of drug-likeness (QED) is 0.724. The summed E-state index contributed by atoms with van der Waals surface area (Å²) in [5.41, 5.74) is 1.10. The Hall–Kier alpha value is -0.660. The third-order valence-electron chi connectivity index (χ3n) is 3.66. The van der Waals surface area contributed by atoms with Gasteiger partial charge in [-0.1, -0.05) is 12.1 Å². The SMILES string of the molecule is O=S(=O)(NCCN1CCOCC1)c1ccc(CCCCl)cc1. The number of benzene rings is 1. The van der Waals surface area contributed by atoms with Crippen molar-refractivity contribution in [2.45, 2.75) is 17.7 Å². The Morgan fingerprint density at radius 3 is 2.50 bits per heavy atom. The number of hydrogen-bond donors (Lipinski definition) is 1. The fourth-order valence-corrected chi connectivity index (χ4v) is 3.51. The zero-order valence-electron chi connectivity index (χ0n) is 12.6. The minimum absolute atomic E-state index is 0.309. The summed E-state index contributed by atoms with van der Waals surface area (Å²) in [6, 6.07) is 7.01. The van der Waals surface area contributed by atoms with Gasteiger partial charge >= 0.3 is 0 Å². The Morgan fingerprint density at radius 2 is 1.86 bits per heavy atom. The summed E-state index contributed by atoms with van der Waals surface area (Å²) < 4.78 is 32.4. The second-order valence-electron chi connectivity index (χ2n) is 5.29. The average molecular weight is 347 g/mol. The van der Waals surface area contributed by atoms with Crippen molar-refractivity contribution in [2.75, 3.05) is 45.3 Å². The summed E-state index contributed by atoms with van der Waals surface area (Å²) in [7, 11) is -3.43. The summed E-state index contributed by atoms with van der Waals surface area (Å²) in [5.74, 6) is 0.614. The first-order chi connectivity index (χ1) is 10.6.